The molecule has 1 aliphatic carbocycles. The first-order valence-electron chi connectivity index (χ1n) is 11.4. The molecule has 1 saturated heterocycles. The number of hydrogen-bond acceptors (Lipinski definition) is 9. The molecule has 2 aliphatic heterocycles. The Morgan fingerprint density at radius 2 is 1.64 bits per heavy atom. The monoisotopic (exact) mass is 494 g/mol. The van der Waals surface area contributed by atoms with Crippen molar-refractivity contribution in [2.75, 3.05) is 13.7 Å². The molecule has 0 aromatic heterocycles. The van der Waals surface area contributed by atoms with Crippen molar-refractivity contribution in [3.8, 4) is 33.9 Å². The first kappa shape index (κ1) is 24.2. The molecule has 5 atom stereocenters. The highest BCUT2D eigenvalue weighted by atomic mass is 16.7. The maximum Gasteiger partial charge on any atom is 0.229 e. The zero-order valence-corrected chi connectivity index (χ0v) is 19.6. The van der Waals surface area contributed by atoms with Gasteiger partial charge < -0.3 is 39.1 Å². The van der Waals surface area contributed by atoms with Crippen LogP contribution < -0.4 is 14.9 Å². The van der Waals surface area contributed by atoms with E-state index in [1.165, 1.54) is 12.1 Å². The highest BCUT2D eigenvalue weighted by Gasteiger charge is 2.44. The lowest BCUT2D eigenvalue weighted by Crippen LogP contribution is -2.60. The predicted molar refractivity (Wildman–Crippen MR) is 130 cm³/mol. The second-order valence-electron chi connectivity index (χ2n) is 8.79. The molecule has 2 heterocycles. The van der Waals surface area contributed by atoms with Gasteiger partial charge in [-0.3, -0.25) is 4.79 Å². The van der Waals surface area contributed by atoms with Gasteiger partial charge in [-0.25, -0.2) is 0 Å². The highest BCUT2D eigenvalue weighted by Crippen LogP contribution is 2.42. The summed E-state index contributed by atoms with van der Waals surface area (Å²) in [5.41, 5.74) is 3.75. The smallest absolute Gasteiger partial charge is 0.229 e. The van der Waals surface area contributed by atoms with Crippen molar-refractivity contribution in [3.05, 3.63) is 70.4 Å². The van der Waals surface area contributed by atoms with Crippen molar-refractivity contribution in [1.82, 2.24) is 0 Å². The third kappa shape index (κ3) is 4.21. The molecule has 4 N–H and O–H groups in total. The van der Waals surface area contributed by atoms with E-state index in [9.17, 15) is 25.2 Å². The Morgan fingerprint density at radius 1 is 0.889 bits per heavy atom. The van der Waals surface area contributed by atoms with Crippen LogP contribution in [-0.4, -0.2) is 64.8 Å². The van der Waals surface area contributed by atoms with Gasteiger partial charge in [0.05, 0.1) is 13.7 Å². The summed E-state index contributed by atoms with van der Waals surface area (Å²) in [5.74, 6) is 1.37. The minimum Gasteiger partial charge on any atom is -0.497 e. The highest BCUT2D eigenvalue weighted by molar-refractivity contribution is 6.02. The van der Waals surface area contributed by atoms with E-state index in [1.54, 1.807) is 31.4 Å². The van der Waals surface area contributed by atoms with Crippen molar-refractivity contribution < 1.29 is 39.1 Å². The number of methoxy groups -OCH3 is 1. The van der Waals surface area contributed by atoms with Crippen molar-refractivity contribution in [2.24, 2.45) is 0 Å². The average Bonchev–Trinajstić information content (AvgIpc) is 2.87. The zero-order chi connectivity index (χ0) is 25.6. The molecule has 1 fully saturated rings. The van der Waals surface area contributed by atoms with Crippen molar-refractivity contribution >= 4 is 11.0 Å². The Kier molecular flexibility index (Phi) is 6.42. The van der Waals surface area contributed by atoms with Crippen LogP contribution in [0.15, 0.2) is 63.8 Å². The largest absolute Gasteiger partial charge is 0.497 e. The molecule has 36 heavy (non-hydrogen) atoms. The second kappa shape index (κ2) is 9.53. The number of benzene rings is 3. The van der Waals surface area contributed by atoms with Gasteiger partial charge in [-0.05, 0) is 54.4 Å². The lowest BCUT2D eigenvalue weighted by Gasteiger charge is -2.39. The normalized spacial score (nSPS) is 24.2. The summed E-state index contributed by atoms with van der Waals surface area (Å²) in [7, 11) is 1.60. The van der Waals surface area contributed by atoms with Crippen LogP contribution in [-0.2, 0) is 4.74 Å². The molecule has 3 aliphatic rings. The van der Waals surface area contributed by atoms with E-state index in [0.717, 1.165) is 33.4 Å². The fraction of sp³-hybridized carbons (Fsp3) is 0.296. The predicted octanol–water partition coefficient (Wildman–Crippen LogP) is 2.06. The van der Waals surface area contributed by atoms with E-state index in [0.29, 0.717) is 11.3 Å². The summed E-state index contributed by atoms with van der Waals surface area (Å²) >= 11 is 0. The Bertz CT molecular complexity index is 1430. The fourth-order valence-corrected chi connectivity index (χ4v) is 4.56. The molecule has 0 saturated carbocycles. The standard InChI is InChI=1S/C27H26O9/c1-13-9-15(33-2)4-7-17(13)23-18-6-3-14(29)10-20(18)35-21-11-16(5-8-19(21)23)34-27-26(32)25(31)24(30)22(12-28)36-27/h3-11,22,24-28,30-32H,12H2,1-2H3/t22-,24-,25+,26-,27-/m1/s1. The second-order valence-corrected chi connectivity index (χ2v) is 8.79. The molecule has 0 unspecified atom stereocenters. The molecule has 2 aromatic rings. The molecular weight excluding hydrogens is 468 g/mol. The number of aryl methyl sites for hydroxylation is 1. The van der Waals surface area contributed by atoms with E-state index in [1.807, 2.05) is 25.1 Å². The lowest BCUT2D eigenvalue weighted by molar-refractivity contribution is -0.277. The number of aliphatic hydroxyl groups is 4. The average molecular weight is 494 g/mol. The maximum atomic E-state index is 12.1. The minimum absolute atomic E-state index is 0.197. The van der Waals surface area contributed by atoms with Crippen LogP contribution in [0.5, 0.6) is 11.5 Å². The van der Waals surface area contributed by atoms with Gasteiger partial charge in [0.25, 0.3) is 0 Å². The van der Waals surface area contributed by atoms with E-state index in [-0.39, 0.29) is 11.2 Å². The van der Waals surface area contributed by atoms with E-state index in [2.05, 4.69) is 0 Å². The van der Waals surface area contributed by atoms with Gasteiger partial charge in [0.1, 0.15) is 47.3 Å². The van der Waals surface area contributed by atoms with Gasteiger partial charge in [-0.2, -0.15) is 0 Å². The van der Waals surface area contributed by atoms with Gasteiger partial charge in [0, 0.05) is 28.6 Å². The van der Waals surface area contributed by atoms with Crippen molar-refractivity contribution in [3.63, 3.8) is 0 Å². The summed E-state index contributed by atoms with van der Waals surface area (Å²) in [6, 6.07) is 15.4. The van der Waals surface area contributed by atoms with Crippen LogP contribution in [0.1, 0.15) is 5.56 Å². The van der Waals surface area contributed by atoms with Gasteiger partial charge in [-0.1, -0.05) is 6.07 Å². The van der Waals surface area contributed by atoms with Crippen LogP contribution in [0.25, 0.3) is 33.4 Å². The fourth-order valence-electron chi connectivity index (χ4n) is 4.56. The Morgan fingerprint density at radius 3 is 2.36 bits per heavy atom. The number of ether oxygens (including phenoxy) is 3. The van der Waals surface area contributed by atoms with Crippen LogP contribution in [0.3, 0.4) is 0 Å². The van der Waals surface area contributed by atoms with Crippen LogP contribution in [0, 0.1) is 6.92 Å². The summed E-state index contributed by atoms with van der Waals surface area (Å²) in [6.45, 7) is 1.41. The molecule has 9 nitrogen and oxygen atoms in total. The molecule has 188 valence electrons. The molecular formula is C27H26O9. The SMILES string of the molecule is COc1ccc(-c2c3ccc(=O)cc-3oc3cc(O[C@@H]4O[C@H](CO)[C@@H](O)[C@H](O)[C@H]4O)ccc23)c(C)c1. The molecule has 9 heteroatoms. The molecule has 0 radical (unpaired) electrons. The third-order valence-electron chi connectivity index (χ3n) is 6.47. The zero-order valence-electron chi connectivity index (χ0n) is 19.6. The quantitative estimate of drug-likeness (QED) is 0.307. The van der Waals surface area contributed by atoms with E-state index < -0.39 is 37.3 Å². The summed E-state index contributed by atoms with van der Waals surface area (Å²) in [5, 5.41) is 40.6. The number of rotatable bonds is 5. The lowest BCUT2D eigenvalue weighted by atomic mass is 9.91. The van der Waals surface area contributed by atoms with E-state index >= 15 is 0 Å². The minimum atomic E-state index is -1.56. The first-order chi connectivity index (χ1) is 17.3. The summed E-state index contributed by atoms with van der Waals surface area (Å²) in [6.07, 6.45) is -7.03. The van der Waals surface area contributed by atoms with Crippen molar-refractivity contribution in [2.45, 2.75) is 37.6 Å². The van der Waals surface area contributed by atoms with Crippen LogP contribution in [0.2, 0.25) is 0 Å². The van der Waals surface area contributed by atoms with Crippen LogP contribution >= 0.6 is 0 Å². The number of hydrogen-bond donors (Lipinski definition) is 4. The van der Waals surface area contributed by atoms with Gasteiger partial charge in [0.15, 0.2) is 5.43 Å². The maximum absolute atomic E-state index is 12.1. The molecule has 0 spiro atoms. The Labute approximate surface area is 206 Å². The van der Waals surface area contributed by atoms with Gasteiger partial charge in [0.2, 0.25) is 6.29 Å². The van der Waals surface area contributed by atoms with Gasteiger partial charge in [-0.15, -0.1) is 0 Å². The van der Waals surface area contributed by atoms with E-state index in [4.69, 9.17) is 18.6 Å². The molecule has 2 aromatic carbocycles. The van der Waals surface area contributed by atoms with Gasteiger partial charge >= 0.3 is 0 Å². The molecule has 5 rings (SSSR count). The third-order valence-corrected chi connectivity index (χ3v) is 6.47. The van der Waals surface area contributed by atoms with Crippen molar-refractivity contribution in [1.29, 1.82) is 0 Å². The summed E-state index contributed by atoms with van der Waals surface area (Å²) < 4.78 is 22.6. The molecule has 0 amide bonds. The van der Waals surface area contributed by atoms with Crippen LogP contribution in [0.4, 0.5) is 0 Å². The molecule has 0 bridgehead atoms. The summed E-state index contributed by atoms with van der Waals surface area (Å²) in [4.78, 5) is 12.1. The Balaban J connectivity index is 1.62. The Hall–Kier alpha value is -3.47. The first-order valence-corrected chi connectivity index (χ1v) is 11.4. The topological polar surface area (TPSA) is 139 Å². The number of fused-ring (bicyclic) bond motifs is 2. The number of aliphatic hydroxyl groups excluding tert-OH is 4.